The molecule has 0 aromatic heterocycles. The normalized spacial score (nSPS) is 19.8. The molecule has 3 aromatic carbocycles. The van der Waals surface area contributed by atoms with Gasteiger partial charge >= 0.3 is 0 Å². The fraction of sp³-hybridized carbons (Fsp3) is 0.167. The molecule has 0 radical (unpaired) electrons. The first kappa shape index (κ1) is 18.0. The summed E-state index contributed by atoms with van der Waals surface area (Å²) in [6, 6.07) is 23.0. The third kappa shape index (κ3) is 3.19. The molecule has 0 bridgehead atoms. The van der Waals surface area contributed by atoms with Gasteiger partial charge in [-0.1, -0.05) is 71.8 Å². The van der Waals surface area contributed by atoms with Crippen molar-refractivity contribution >= 4 is 23.1 Å². The second-order valence-electron chi connectivity index (χ2n) is 7.39. The van der Waals surface area contributed by atoms with Gasteiger partial charge in [0.2, 0.25) is 5.78 Å². The lowest BCUT2D eigenvalue weighted by molar-refractivity contribution is -0.00455. The molecule has 0 saturated carbocycles. The van der Waals surface area contributed by atoms with Crippen LogP contribution in [0.4, 0.5) is 0 Å². The second kappa shape index (κ2) is 7.05. The zero-order valence-electron chi connectivity index (χ0n) is 15.9. The summed E-state index contributed by atoms with van der Waals surface area (Å²) < 4.78 is 6.14. The Balaban J connectivity index is 1.55. The molecular formula is C24H19ClN2O2. The number of rotatable bonds is 3. The van der Waals surface area contributed by atoms with Crippen LogP contribution in [0.25, 0.3) is 0 Å². The molecule has 29 heavy (non-hydrogen) atoms. The van der Waals surface area contributed by atoms with Gasteiger partial charge in [0.05, 0.1) is 11.8 Å². The molecule has 2 atom stereocenters. The number of fused-ring (bicyclic) bond motifs is 3. The minimum atomic E-state index is -0.789. The highest BCUT2D eigenvalue weighted by Crippen LogP contribution is 2.43. The Morgan fingerprint density at radius 2 is 1.76 bits per heavy atom. The molecule has 3 aromatic rings. The summed E-state index contributed by atoms with van der Waals surface area (Å²) in [5.74, 6) is 0.650. The molecule has 2 aliphatic heterocycles. The second-order valence-corrected chi connectivity index (χ2v) is 7.83. The lowest BCUT2D eigenvalue weighted by atomic mass is 9.95. The number of ether oxygens (including phenoxy) is 1. The molecule has 0 amide bonds. The first-order valence-electron chi connectivity index (χ1n) is 9.58. The van der Waals surface area contributed by atoms with Gasteiger partial charge < -0.3 is 4.74 Å². The third-order valence-corrected chi connectivity index (χ3v) is 5.69. The van der Waals surface area contributed by atoms with Gasteiger partial charge in [0, 0.05) is 22.6 Å². The molecule has 0 aliphatic carbocycles. The fourth-order valence-electron chi connectivity index (χ4n) is 3.88. The quantitative estimate of drug-likeness (QED) is 0.551. The Morgan fingerprint density at radius 3 is 2.52 bits per heavy atom. The maximum atomic E-state index is 13.3. The number of aryl methyl sites for hydroxylation is 1. The van der Waals surface area contributed by atoms with Crippen molar-refractivity contribution < 1.29 is 9.53 Å². The molecule has 0 spiro atoms. The van der Waals surface area contributed by atoms with Crippen LogP contribution in [0, 0.1) is 6.92 Å². The first-order valence-corrected chi connectivity index (χ1v) is 9.96. The van der Waals surface area contributed by atoms with Crippen LogP contribution in [0.5, 0.6) is 5.75 Å². The van der Waals surface area contributed by atoms with Crippen molar-refractivity contribution in [3.8, 4) is 5.75 Å². The monoisotopic (exact) mass is 402 g/mol. The van der Waals surface area contributed by atoms with Crippen LogP contribution in [0.3, 0.4) is 0 Å². The molecule has 2 aliphatic rings. The molecule has 2 heterocycles. The predicted octanol–water partition coefficient (Wildman–Crippen LogP) is 5.40. The summed E-state index contributed by atoms with van der Waals surface area (Å²) in [5.41, 5.74) is 4.71. The van der Waals surface area contributed by atoms with Crippen LogP contribution in [0.15, 0.2) is 77.9 Å². The maximum Gasteiger partial charge on any atom is 0.251 e. The van der Waals surface area contributed by atoms with E-state index < -0.39 is 6.23 Å². The Morgan fingerprint density at radius 1 is 1.03 bits per heavy atom. The number of carbonyl (C=O) groups is 1. The number of benzene rings is 3. The van der Waals surface area contributed by atoms with Crippen LogP contribution in [-0.2, 0) is 0 Å². The highest BCUT2D eigenvalue weighted by molar-refractivity contribution is 6.30. The van der Waals surface area contributed by atoms with Crippen molar-refractivity contribution in [3.63, 3.8) is 0 Å². The van der Waals surface area contributed by atoms with E-state index in [1.165, 1.54) is 0 Å². The smallest absolute Gasteiger partial charge is 0.251 e. The van der Waals surface area contributed by atoms with E-state index in [-0.39, 0.29) is 11.8 Å². The SMILES string of the molecule is Cc1ccc(C(=O)[C@H]2Oc3ccccc3[C@@H]3CC(c4ccc(Cl)cc4)=NN23)cc1. The lowest BCUT2D eigenvalue weighted by Gasteiger charge is -2.37. The number of halogens is 1. The molecule has 0 N–H and O–H groups in total. The maximum absolute atomic E-state index is 13.3. The molecule has 4 nitrogen and oxygen atoms in total. The highest BCUT2D eigenvalue weighted by atomic mass is 35.5. The summed E-state index contributed by atoms with van der Waals surface area (Å²) in [6.45, 7) is 2.00. The van der Waals surface area contributed by atoms with Crippen molar-refractivity contribution in [3.05, 3.63) is 100 Å². The van der Waals surface area contributed by atoms with Crippen molar-refractivity contribution in [1.82, 2.24) is 5.01 Å². The topological polar surface area (TPSA) is 41.9 Å². The number of carbonyl (C=O) groups excluding carboxylic acids is 1. The summed E-state index contributed by atoms with van der Waals surface area (Å²) in [4.78, 5) is 13.3. The van der Waals surface area contributed by atoms with Crippen molar-refractivity contribution in [2.24, 2.45) is 5.10 Å². The Hall–Kier alpha value is -3.11. The predicted molar refractivity (Wildman–Crippen MR) is 114 cm³/mol. The van der Waals surface area contributed by atoms with Gasteiger partial charge in [-0.3, -0.25) is 4.79 Å². The molecule has 0 unspecified atom stereocenters. The van der Waals surface area contributed by atoms with Crippen LogP contribution >= 0.6 is 11.6 Å². The number of hydrogen-bond acceptors (Lipinski definition) is 4. The van der Waals surface area contributed by atoms with Crippen LogP contribution in [-0.4, -0.2) is 22.7 Å². The minimum absolute atomic E-state index is 0.0370. The zero-order chi connectivity index (χ0) is 20.0. The van der Waals surface area contributed by atoms with E-state index in [0.29, 0.717) is 17.0 Å². The van der Waals surface area contributed by atoms with Gasteiger partial charge in [0.15, 0.2) is 0 Å². The summed E-state index contributed by atoms with van der Waals surface area (Å²) >= 11 is 6.04. The van der Waals surface area contributed by atoms with Gasteiger partial charge in [-0.05, 0) is 30.7 Å². The summed E-state index contributed by atoms with van der Waals surface area (Å²) in [7, 11) is 0. The largest absolute Gasteiger partial charge is 0.461 e. The van der Waals surface area contributed by atoms with Crippen LogP contribution in [0.1, 0.15) is 39.5 Å². The highest BCUT2D eigenvalue weighted by Gasteiger charge is 2.43. The summed E-state index contributed by atoms with van der Waals surface area (Å²) in [5, 5.41) is 7.32. The van der Waals surface area contributed by atoms with Crippen molar-refractivity contribution in [2.45, 2.75) is 25.6 Å². The first-order chi connectivity index (χ1) is 14.1. The van der Waals surface area contributed by atoms with E-state index in [9.17, 15) is 4.79 Å². The number of para-hydroxylation sites is 1. The third-order valence-electron chi connectivity index (χ3n) is 5.44. The van der Waals surface area contributed by atoms with Gasteiger partial charge in [0.1, 0.15) is 5.75 Å². The molecule has 5 heteroatoms. The number of ketones is 1. The molecule has 0 saturated heterocycles. The van der Waals surface area contributed by atoms with E-state index >= 15 is 0 Å². The number of Topliss-reactive ketones (excluding diaryl/α,β-unsaturated/α-hetero) is 1. The van der Waals surface area contributed by atoms with Crippen LogP contribution in [0.2, 0.25) is 5.02 Å². The molecule has 5 rings (SSSR count). The van der Waals surface area contributed by atoms with Gasteiger partial charge in [-0.2, -0.15) is 5.10 Å². The molecule has 144 valence electrons. The van der Waals surface area contributed by atoms with E-state index in [4.69, 9.17) is 21.4 Å². The number of nitrogens with zero attached hydrogens (tertiary/aromatic N) is 2. The molecular weight excluding hydrogens is 384 g/mol. The van der Waals surface area contributed by atoms with Crippen LogP contribution < -0.4 is 4.74 Å². The molecule has 0 fully saturated rings. The standard InChI is InChI=1S/C24H19ClN2O2/c1-15-6-8-17(9-7-15)23(28)24-27-21(19-4-2-3-5-22(19)29-24)14-20(26-27)16-10-12-18(25)13-11-16/h2-13,21,24H,14H2,1H3/t21-,24+/m0/s1. The fourth-order valence-corrected chi connectivity index (χ4v) is 4.01. The number of hydrogen-bond donors (Lipinski definition) is 0. The van der Waals surface area contributed by atoms with E-state index in [2.05, 4.69) is 0 Å². The van der Waals surface area contributed by atoms with Crippen molar-refractivity contribution in [2.75, 3.05) is 0 Å². The summed E-state index contributed by atoms with van der Waals surface area (Å²) in [6.07, 6.45) is -0.0814. The van der Waals surface area contributed by atoms with Gasteiger partial charge in [-0.25, -0.2) is 5.01 Å². The van der Waals surface area contributed by atoms with Gasteiger partial charge in [-0.15, -0.1) is 0 Å². The van der Waals surface area contributed by atoms with E-state index in [1.807, 2.05) is 84.7 Å². The minimum Gasteiger partial charge on any atom is -0.461 e. The lowest BCUT2D eigenvalue weighted by Crippen LogP contribution is -2.45. The average molecular weight is 403 g/mol. The van der Waals surface area contributed by atoms with E-state index in [0.717, 1.165) is 28.2 Å². The Bertz CT molecular complexity index is 1110. The van der Waals surface area contributed by atoms with Crippen molar-refractivity contribution in [1.29, 1.82) is 0 Å². The average Bonchev–Trinajstić information content (AvgIpc) is 3.19. The zero-order valence-corrected chi connectivity index (χ0v) is 16.6. The van der Waals surface area contributed by atoms with E-state index in [1.54, 1.807) is 0 Å². The Kier molecular flexibility index (Phi) is 4.36. The Labute approximate surface area is 174 Å². The van der Waals surface area contributed by atoms with Gasteiger partial charge in [0.25, 0.3) is 6.23 Å². The number of hydrazone groups is 1.